The number of benzene rings is 1. The summed E-state index contributed by atoms with van der Waals surface area (Å²) >= 11 is 0. The summed E-state index contributed by atoms with van der Waals surface area (Å²) in [6, 6.07) is 10.4. The minimum Gasteiger partial charge on any atom is -0.354 e. The van der Waals surface area contributed by atoms with Gasteiger partial charge in [0.1, 0.15) is 0 Å². The van der Waals surface area contributed by atoms with Crippen LogP contribution in [0.3, 0.4) is 0 Å². The number of likely N-dealkylation sites (N-methyl/N-ethyl adjacent to an activating group) is 1. The zero-order chi connectivity index (χ0) is 16.4. The molecule has 3 rings (SSSR count). The summed E-state index contributed by atoms with van der Waals surface area (Å²) in [4.78, 5) is 14.5. The van der Waals surface area contributed by atoms with Crippen molar-refractivity contribution in [2.45, 2.75) is 18.4 Å². The molecule has 1 heterocycles. The lowest BCUT2D eigenvalue weighted by molar-refractivity contribution is -0.122. The van der Waals surface area contributed by atoms with Crippen molar-refractivity contribution in [2.75, 3.05) is 20.6 Å². The zero-order valence-electron chi connectivity index (χ0n) is 13.9. The Labute approximate surface area is 137 Å². The van der Waals surface area contributed by atoms with Crippen molar-refractivity contribution in [2.24, 2.45) is 13.0 Å². The van der Waals surface area contributed by atoms with Crippen molar-refractivity contribution in [3.8, 4) is 0 Å². The summed E-state index contributed by atoms with van der Waals surface area (Å²) in [7, 11) is 5.95. The molecule has 3 atom stereocenters. The quantitative estimate of drug-likeness (QED) is 0.887. The Morgan fingerprint density at radius 3 is 2.74 bits per heavy atom. The number of aryl methyl sites for hydroxylation is 1. The summed E-state index contributed by atoms with van der Waals surface area (Å²) in [5.74, 6) is 0.663. The van der Waals surface area contributed by atoms with E-state index >= 15 is 0 Å². The summed E-state index contributed by atoms with van der Waals surface area (Å²) in [5, 5.41) is 7.34. The van der Waals surface area contributed by atoms with Gasteiger partial charge in [0.2, 0.25) is 5.91 Å². The molecule has 0 spiro atoms. The van der Waals surface area contributed by atoms with Crippen LogP contribution >= 0.6 is 0 Å². The van der Waals surface area contributed by atoms with E-state index in [1.807, 2.05) is 51.7 Å². The normalized spacial score (nSPS) is 21.2. The summed E-state index contributed by atoms with van der Waals surface area (Å²) in [6.45, 7) is 0.607. The highest BCUT2D eigenvalue weighted by atomic mass is 16.2. The van der Waals surface area contributed by atoms with E-state index in [0.29, 0.717) is 12.5 Å². The van der Waals surface area contributed by atoms with Crippen molar-refractivity contribution in [1.29, 1.82) is 0 Å². The van der Waals surface area contributed by atoms with Crippen LogP contribution in [-0.4, -0.2) is 41.2 Å². The Balaban J connectivity index is 1.56. The summed E-state index contributed by atoms with van der Waals surface area (Å²) in [6.07, 6.45) is 4.82. The molecule has 5 nitrogen and oxygen atoms in total. The average Bonchev–Trinajstić information content (AvgIpc) is 3.24. The minimum atomic E-state index is 0.120. The Kier molecular flexibility index (Phi) is 4.48. The smallest absolute Gasteiger partial charge is 0.223 e. The van der Waals surface area contributed by atoms with Crippen molar-refractivity contribution >= 4 is 5.91 Å². The molecule has 0 unspecified atom stereocenters. The van der Waals surface area contributed by atoms with E-state index in [1.165, 1.54) is 5.56 Å². The Morgan fingerprint density at radius 1 is 1.39 bits per heavy atom. The van der Waals surface area contributed by atoms with Crippen LogP contribution in [0.1, 0.15) is 29.5 Å². The van der Waals surface area contributed by atoms with Gasteiger partial charge in [0.15, 0.2) is 0 Å². The van der Waals surface area contributed by atoms with Crippen LogP contribution in [-0.2, 0) is 11.8 Å². The zero-order valence-corrected chi connectivity index (χ0v) is 13.9. The lowest BCUT2D eigenvalue weighted by atomic mass is 10.1. The highest BCUT2D eigenvalue weighted by Gasteiger charge is 2.43. The molecule has 2 aromatic rings. The molecule has 1 aliphatic rings. The van der Waals surface area contributed by atoms with Crippen LogP contribution in [0, 0.1) is 5.92 Å². The molecule has 0 bridgehead atoms. The second kappa shape index (κ2) is 6.54. The van der Waals surface area contributed by atoms with E-state index in [2.05, 4.69) is 27.4 Å². The van der Waals surface area contributed by atoms with E-state index in [4.69, 9.17) is 0 Å². The van der Waals surface area contributed by atoms with Gasteiger partial charge in [-0.2, -0.15) is 5.10 Å². The third-order valence-electron chi connectivity index (χ3n) is 4.56. The van der Waals surface area contributed by atoms with Crippen molar-refractivity contribution in [3.05, 3.63) is 53.9 Å². The maximum atomic E-state index is 12.4. The molecule has 1 amide bonds. The number of carbonyl (C=O) groups is 1. The molecule has 1 aromatic carbocycles. The molecular weight excluding hydrogens is 288 g/mol. The lowest BCUT2D eigenvalue weighted by Gasteiger charge is -2.23. The maximum Gasteiger partial charge on any atom is 0.223 e. The molecule has 0 aliphatic heterocycles. The predicted molar refractivity (Wildman–Crippen MR) is 89.9 cm³/mol. The first-order valence-electron chi connectivity index (χ1n) is 8.04. The van der Waals surface area contributed by atoms with Gasteiger partial charge in [-0.1, -0.05) is 30.3 Å². The van der Waals surface area contributed by atoms with Gasteiger partial charge in [-0.15, -0.1) is 0 Å². The van der Waals surface area contributed by atoms with Gasteiger partial charge in [-0.25, -0.2) is 0 Å². The van der Waals surface area contributed by atoms with Crippen LogP contribution in [0.15, 0.2) is 42.7 Å². The first-order valence-corrected chi connectivity index (χ1v) is 8.04. The number of nitrogens with one attached hydrogen (secondary N) is 1. The molecule has 5 heteroatoms. The fourth-order valence-corrected chi connectivity index (χ4v) is 3.09. The molecule has 1 aromatic heterocycles. The number of hydrogen-bond acceptors (Lipinski definition) is 3. The number of rotatable bonds is 6. The number of carbonyl (C=O) groups excluding carboxylic acids is 1. The van der Waals surface area contributed by atoms with Gasteiger partial charge in [0, 0.05) is 31.3 Å². The predicted octanol–water partition coefficient (Wildman–Crippen LogP) is 1.94. The Bertz CT molecular complexity index is 665. The largest absolute Gasteiger partial charge is 0.354 e. The minimum absolute atomic E-state index is 0.120. The Hall–Kier alpha value is -2.14. The standard InChI is InChI=1S/C18H24N4O/c1-21(2)17(14-10-20-22(3)12-14)11-19-18(23)16-9-15(16)13-7-5-4-6-8-13/h4-8,10,12,15-17H,9,11H2,1-3H3,(H,19,23)/t15-,16-,17+/m0/s1. The van der Waals surface area contributed by atoms with Gasteiger partial charge in [-0.05, 0) is 32.0 Å². The van der Waals surface area contributed by atoms with Crippen molar-refractivity contribution in [3.63, 3.8) is 0 Å². The molecule has 1 saturated carbocycles. The third kappa shape index (κ3) is 3.62. The second-order valence-corrected chi connectivity index (χ2v) is 6.53. The van der Waals surface area contributed by atoms with Gasteiger partial charge in [0.05, 0.1) is 12.2 Å². The van der Waals surface area contributed by atoms with Gasteiger partial charge >= 0.3 is 0 Å². The van der Waals surface area contributed by atoms with Crippen LogP contribution in [0.2, 0.25) is 0 Å². The lowest BCUT2D eigenvalue weighted by Crippen LogP contribution is -2.35. The van der Waals surface area contributed by atoms with Crippen LogP contribution < -0.4 is 5.32 Å². The molecule has 122 valence electrons. The number of amides is 1. The number of aromatic nitrogens is 2. The van der Waals surface area contributed by atoms with Gasteiger partial charge < -0.3 is 10.2 Å². The molecule has 1 aliphatic carbocycles. The second-order valence-electron chi connectivity index (χ2n) is 6.53. The van der Waals surface area contributed by atoms with Gasteiger partial charge in [-0.3, -0.25) is 9.48 Å². The molecule has 1 fully saturated rings. The highest BCUT2D eigenvalue weighted by molar-refractivity contribution is 5.82. The monoisotopic (exact) mass is 312 g/mol. The van der Waals surface area contributed by atoms with Crippen molar-refractivity contribution in [1.82, 2.24) is 20.0 Å². The fourth-order valence-electron chi connectivity index (χ4n) is 3.09. The van der Waals surface area contributed by atoms with Gasteiger partial charge in [0.25, 0.3) is 0 Å². The highest BCUT2D eigenvalue weighted by Crippen LogP contribution is 2.47. The summed E-state index contributed by atoms with van der Waals surface area (Å²) in [5.41, 5.74) is 2.39. The van der Waals surface area contributed by atoms with E-state index in [-0.39, 0.29) is 17.9 Å². The SMILES string of the molecule is CN(C)[C@H](CNC(=O)[C@H]1C[C@H]1c1ccccc1)c1cnn(C)c1. The number of hydrogen-bond donors (Lipinski definition) is 1. The molecule has 1 N–H and O–H groups in total. The van der Waals surface area contributed by atoms with Crippen molar-refractivity contribution < 1.29 is 4.79 Å². The first kappa shape index (κ1) is 15.7. The topological polar surface area (TPSA) is 50.2 Å². The molecule has 0 saturated heterocycles. The number of nitrogens with zero attached hydrogens (tertiary/aromatic N) is 3. The van der Waals surface area contributed by atoms with E-state index in [9.17, 15) is 4.79 Å². The maximum absolute atomic E-state index is 12.4. The van der Waals surface area contributed by atoms with E-state index < -0.39 is 0 Å². The van der Waals surface area contributed by atoms with E-state index in [1.54, 1.807) is 4.68 Å². The molecular formula is C18H24N4O. The van der Waals surface area contributed by atoms with Crippen LogP contribution in [0.5, 0.6) is 0 Å². The van der Waals surface area contributed by atoms with Crippen LogP contribution in [0.25, 0.3) is 0 Å². The molecule has 23 heavy (non-hydrogen) atoms. The van der Waals surface area contributed by atoms with Crippen LogP contribution in [0.4, 0.5) is 0 Å². The first-order chi connectivity index (χ1) is 11.1. The fraction of sp³-hybridized carbons (Fsp3) is 0.444. The summed E-state index contributed by atoms with van der Waals surface area (Å²) < 4.78 is 1.79. The Morgan fingerprint density at radius 2 is 2.13 bits per heavy atom. The third-order valence-corrected chi connectivity index (χ3v) is 4.56. The van der Waals surface area contributed by atoms with E-state index in [0.717, 1.165) is 12.0 Å². The molecule has 0 radical (unpaired) electrons. The average molecular weight is 312 g/mol.